The second kappa shape index (κ2) is 3.58. The summed E-state index contributed by atoms with van der Waals surface area (Å²) < 4.78 is 0. The molecule has 0 spiro atoms. The van der Waals surface area contributed by atoms with Gasteiger partial charge in [0.05, 0.1) is 0 Å². The molecule has 2 aromatic carbocycles. The summed E-state index contributed by atoms with van der Waals surface area (Å²) in [5, 5.41) is 22.8. The maximum absolute atomic E-state index is 11.5. The van der Waals surface area contributed by atoms with Crippen LogP contribution < -0.4 is 21.6 Å². The van der Waals surface area contributed by atoms with E-state index in [1.165, 1.54) is 12.1 Å². The van der Waals surface area contributed by atoms with Crippen molar-refractivity contribution in [1.82, 2.24) is 0 Å². The average molecular weight is 218 g/mol. The zero-order chi connectivity index (χ0) is 11.7. The second-order valence-corrected chi connectivity index (χ2v) is 3.10. The molecule has 2 rings (SSSR count). The predicted molar refractivity (Wildman–Crippen MR) is 53.6 cm³/mol. The fourth-order valence-electron chi connectivity index (χ4n) is 1.55. The first-order valence-corrected chi connectivity index (χ1v) is 4.33. The minimum Gasteiger partial charge on any atom is -0.410 e. The normalized spacial score (nSPS) is 13.5. The molecule has 0 bridgehead atoms. The third-order valence-corrected chi connectivity index (χ3v) is 2.27. The summed E-state index contributed by atoms with van der Waals surface area (Å²) in [5.74, 6) is 0. The van der Waals surface area contributed by atoms with Crippen LogP contribution in [0.5, 0.6) is 0 Å². The molecule has 16 heavy (non-hydrogen) atoms. The van der Waals surface area contributed by atoms with Crippen molar-refractivity contribution in [2.75, 3.05) is 0 Å². The van der Waals surface area contributed by atoms with Crippen molar-refractivity contribution in [2.24, 2.45) is 10.3 Å². The molecular formula is C10H6N2O4. The summed E-state index contributed by atoms with van der Waals surface area (Å²) in [4.78, 5) is 22.9. The van der Waals surface area contributed by atoms with Crippen molar-refractivity contribution in [2.45, 2.75) is 0 Å². The van der Waals surface area contributed by atoms with Crippen LogP contribution in [0.2, 0.25) is 0 Å². The van der Waals surface area contributed by atoms with Crippen molar-refractivity contribution in [3.8, 4) is 0 Å². The van der Waals surface area contributed by atoms with Crippen molar-refractivity contribution in [3.63, 3.8) is 0 Å². The van der Waals surface area contributed by atoms with Crippen molar-refractivity contribution in [3.05, 3.63) is 55.4 Å². The fourth-order valence-corrected chi connectivity index (χ4v) is 1.55. The quantitative estimate of drug-likeness (QED) is 0.337. The number of benzene rings is 2. The molecule has 0 aliphatic rings. The van der Waals surface area contributed by atoms with Crippen molar-refractivity contribution < 1.29 is 10.4 Å². The Labute approximate surface area is 87.7 Å². The summed E-state index contributed by atoms with van der Waals surface area (Å²) in [6.07, 6.45) is 0. The summed E-state index contributed by atoms with van der Waals surface area (Å²) in [6, 6.07) is 6.23. The van der Waals surface area contributed by atoms with Crippen LogP contribution in [-0.4, -0.2) is 10.4 Å². The Morgan fingerprint density at radius 2 is 1.19 bits per heavy atom. The molecule has 0 radical (unpaired) electrons. The standard InChI is InChI=1S/C10H6N2O4/c13-9-7(11-15)5-3-1-2-4-6(5)8(12-16)10(9)14/h1-4,15-16H/b11-7-,12-8+. The van der Waals surface area contributed by atoms with Gasteiger partial charge in [0.1, 0.15) is 0 Å². The van der Waals surface area contributed by atoms with E-state index in [0.717, 1.165) is 0 Å². The van der Waals surface area contributed by atoms with Gasteiger partial charge in [0.25, 0.3) is 10.9 Å². The van der Waals surface area contributed by atoms with Gasteiger partial charge in [0, 0.05) is 10.8 Å². The fraction of sp³-hybridized carbons (Fsp3) is 0. The average Bonchev–Trinajstić information content (AvgIpc) is 2.31. The topological polar surface area (TPSA) is 99.3 Å². The minimum atomic E-state index is -0.992. The Balaban J connectivity index is 3.37. The number of hydrogen-bond acceptors (Lipinski definition) is 6. The van der Waals surface area contributed by atoms with Gasteiger partial charge in [0.2, 0.25) is 0 Å². The highest BCUT2D eigenvalue weighted by Gasteiger charge is 2.09. The Bertz CT molecular complexity index is 703. The van der Waals surface area contributed by atoms with E-state index in [9.17, 15) is 9.59 Å². The van der Waals surface area contributed by atoms with E-state index in [4.69, 9.17) is 10.4 Å². The Kier molecular flexibility index (Phi) is 2.24. The molecule has 0 fully saturated rings. The zero-order valence-corrected chi connectivity index (χ0v) is 7.91. The molecule has 0 atom stereocenters. The molecule has 2 N–H and O–H groups in total. The highest BCUT2D eigenvalue weighted by molar-refractivity contribution is 5.81. The molecule has 0 aliphatic carbocycles. The van der Waals surface area contributed by atoms with Crippen LogP contribution in [0.15, 0.2) is 44.2 Å². The summed E-state index contributed by atoms with van der Waals surface area (Å²) >= 11 is 0. The van der Waals surface area contributed by atoms with Crippen LogP contribution in [0.25, 0.3) is 10.8 Å². The molecule has 0 saturated carbocycles. The van der Waals surface area contributed by atoms with Gasteiger partial charge in [0.15, 0.2) is 10.7 Å². The smallest absolute Gasteiger partial charge is 0.257 e. The van der Waals surface area contributed by atoms with Gasteiger partial charge in [-0.25, -0.2) is 0 Å². The third-order valence-electron chi connectivity index (χ3n) is 2.27. The van der Waals surface area contributed by atoms with Gasteiger partial charge in [-0.05, 0) is 0 Å². The van der Waals surface area contributed by atoms with Gasteiger partial charge in [-0.15, -0.1) is 0 Å². The Morgan fingerprint density at radius 1 is 0.812 bits per heavy atom. The van der Waals surface area contributed by atoms with Crippen LogP contribution in [-0.2, 0) is 0 Å². The molecule has 0 unspecified atom stereocenters. The molecule has 6 nitrogen and oxygen atoms in total. The first-order chi connectivity index (χ1) is 7.70. The Morgan fingerprint density at radius 3 is 1.50 bits per heavy atom. The largest absolute Gasteiger partial charge is 0.410 e. The predicted octanol–water partition coefficient (Wildman–Crippen LogP) is -0.984. The lowest BCUT2D eigenvalue weighted by Crippen LogP contribution is -2.47. The highest BCUT2D eigenvalue weighted by atomic mass is 16.4. The van der Waals surface area contributed by atoms with E-state index in [2.05, 4.69) is 10.3 Å². The number of rotatable bonds is 0. The van der Waals surface area contributed by atoms with E-state index >= 15 is 0 Å². The number of nitrogens with zero attached hydrogens (tertiary/aromatic N) is 2. The number of hydrogen-bond donors (Lipinski definition) is 2. The number of fused-ring (bicyclic) bond motifs is 1. The van der Waals surface area contributed by atoms with E-state index in [1.54, 1.807) is 12.1 Å². The van der Waals surface area contributed by atoms with Crippen LogP contribution >= 0.6 is 0 Å². The van der Waals surface area contributed by atoms with Crippen molar-refractivity contribution in [1.29, 1.82) is 0 Å². The first-order valence-electron chi connectivity index (χ1n) is 4.33. The molecule has 0 aromatic heterocycles. The Hall–Kier alpha value is -2.50. The molecular weight excluding hydrogens is 212 g/mol. The second-order valence-electron chi connectivity index (χ2n) is 3.10. The lowest BCUT2D eigenvalue weighted by Gasteiger charge is -1.94. The first kappa shape index (κ1) is 10.0. The van der Waals surface area contributed by atoms with E-state index in [0.29, 0.717) is 0 Å². The van der Waals surface area contributed by atoms with Gasteiger partial charge in [-0.1, -0.05) is 34.6 Å². The molecule has 0 saturated heterocycles. The van der Waals surface area contributed by atoms with Gasteiger partial charge >= 0.3 is 0 Å². The highest BCUT2D eigenvalue weighted by Crippen LogP contribution is 2.00. The summed E-state index contributed by atoms with van der Waals surface area (Å²) in [7, 11) is 0. The van der Waals surface area contributed by atoms with Gasteiger partial charge in [-0.2, -0.15) is 0 Å². The molecule has 2 aromatic rings. The summed E-state index contributed by atoms with van der Waals surface area (Å²) in [6.45, 7) is 0. The monoisotopic (exact) mass is 218 g/mol. The van der Waals surface area contributed by atoms with E-state index in [-0.39, 0.29) is 21.5 Å². The molecule has 80 valence electrons. The van der Waals surface area contributed by atoms with E-state index < -0.39 is 10.9 Å². The van der Waals surface area contributed by atoms with Crippen LogP contribution in [0.3, 0.4) is 0 Å². The van der Waals surface area contributed by atoms with Crippen LogP contribution in [0, 0.1) is 0 Å². The minimum absolute atomic E-state index is 0.266. The van der Waals surface area contributed by atoms with Crippen LogP contribution in [0.4, 0.5) is 0 Å². The van der Waals surface area contributed by atoms with Gasteiger partial charge in [-0.3, -0.25) is 9.59 Å². The maximum atomic E-state index is 11.5. The lowest BCUT2D eigenvalue weighted by atomic mass is 10.1. The summed E-state index contributed by atoms with van der Waals surface area (Å²) in [5.41, 5.74) is -1.98. The van der Waals surface area contributed by atoms with E-state index in [1.807, 2.05) is 0 Å². The van der Waals surface area contributed by atoms with Crippen molar-refractivity contribution >= 4 is 10.8 Å². The lowest BCUT2D eigenvalue weighted by molar-refractivity contribution is 0.299. The SMILES string of the molecule is O=c1c(=O)/c(=N/O)c2ccccc2/c1=N/O. The molecule has 0 amide bonds. The molecule has 6 heteroatoms. The maximum Gasteiger partial charge on any atom is 0.257 e. The zero-order valence-electron chi connectivity index (χ0n) is 7.91. The van der Waals surface area contributed by atoms with Gasteiger partial charge < -0.3 is 10.4 Å². The molecule has 0 heterocycles. The van der Waals surface area contributed by atoms with Crippen LogP contribution in [0.1, 0.15) is 0 Å². The molecule has 0 aliphatic heterocycles. The third kappa shape index (κ3) is 1.20.